The van der Waals surface area contributed by atoms with Gasteiger partial charge in [-0.3, -0.25) is 0 Å². The van der Waals surface area contributed by atoms with Crippen LogP contribution in [-0.2, 0) is 16.3 Å². The maximum Gasteiger partial charge on any atom is 0.417 e. The third kappa shape index (κ3) is 4.57. The van der Waals surface area contributed by atoms with Gasteiger partial charge in [-0.1, -0.05) is 0 Å². The first kappa shape index (κ1) is 16.0. The molecule has 0 aromatic carbocycles. The molecule has 1 aromatic rings. The van der Waals surface area contributed by atoms with Gasteiger partial charge < -0.3 is 9.45 Å². The molecule has 2 rings (SSSR count). The highest BCUT2D eigenvalue weighted by molar-refractivity contribution is 7.85. The minimum Gasteiger partial charge on any atom is -0.748 e. The van der Waals surface area contributed by atoms with Crippen LogP contribution < -0.4 is 4.90 Å². The number of alkyl halides is 3. The molecule has 21 heavy (non-hydrogen) atoms. The van der Waals surface area contributed by atoms with Gasteiger partial charge in [-0.2, -0.15) is 13.2 Å². The Morgan fingerprint density at radius 1 is 1.29 bits per heavy atom. The number of rotatable bonds is 3. The van der Waals surface area contributed by atoms with E-state index < -0.39 is 21.9 Å². The summed E-state index contributed by atoms with van der Waals surface area (Å²) in [5.74, 6) is -0.161. The van der Waals surface area contributed by atoms with Gasteiger partial charge in [-0.15, -0.1) is 0 Å². The van der Waals surface area contributed by atoms with Crippen LogP contribution in [0.25, 0.3) is 0 Å². The fourth-order valence-corrected chi connectivity index (χ4v) is 3.27. The summed E-state index contributed by atoms with van der Waals surface area (Å²) < 4.78 is 69.4. The molecule has 1 aliphatic rings. The van der Waals surface area contributed by atoms with Crippen LogP contribution >= 0.6 is 0 Å². The van der Waals surface area contributed by atoms with Crippen molar-refractivity contribution in [2.24, 2.45) is 5.92 Å². The zero-order valence-corrected chi connectivity index (χ0v) is 11.8. The van der Waals surface area contributed by atoms with Crippen molar-refractivity contribution in [3.8, 4) is 0 Å². The zero-order chi connectivity index (χ0) is 15.7. The first-order valence-electron chi connectivity index (χ1n) is 6.37. The second kappa shape index (κ2) is 5.80. The SMILES string of the molecule is O=S(=O)([O-])CC1CCN(c2ccc(C(F)(F)F)cn2)CC1. The summed E-state index contributed by atoms with van der Waals surface area (Å²) in [5.41, 5.74) is -0.807. The normalized spacial score (nSPS) is 18.0. The van der Waals surface area contributed by atoms with Gasteiger partial charge in [-0.05, 0) is 30.9 Å². The lowest BCUT2D eigenvalue weighted by Gasteiger charge is -2.33. The van der Waals surface area contributed by atoms with Crippen molar-refractivity contribution in [3.05, 3.63) is 23.9 Å². The minimum absolute atomic E-state index is 0.196. The van der Waals surface area contributed by atoms with Crippen LogP contribution in [0.5, 0.6) is 0 Å². The maximum atomic E-state index is 12.4. The van der Waals surface area contributed by atoms with Crippen LogP contribution in [0.2, 0.25) is 0 Å². The minimum atomic E-state index is -4.42. The van der Waals surface area contributed by atoms with E-state index in [4.69, 9.17) is 0 Å². The van der Waals surface area contributed by atoms with E-state index in [1.807, 2.05) is 0 Å². The number of piperidine rings is 1. The fourth-order valence-electron chi connectivity index (χ4n) is 2.36. The van der Waals surface area contributed by atoms with E-state index in [-0.39, 0.29) is 11.7 Å². The molecule has 0 aliphatic carbocycles. The molecule has 0 amide bonds. The highest BCUT2D eigenvalue weighted by Gasteiger charge is 2.31. The molecule has 1 fully saturated rings. The van der Waals surface area contributed by atoms with Gasteiger partial charge in [-0.25, -0.2) is 13.4 Å². The number of halogens is 3. The quantitative estimate of drug-likeness (QED) is 0.794. The van der Waals surface area contributed by atoms with Crippen molar-refractivity contribution < 1.29 is 26.1 Å². The van der Waals surface area contributed by atoms with Crippen molar-refractivity contribution in [1.82, 2.24) is 4.98 Å². The number of anilines is 1. The summed E-state index contributed by atoms with van der Waals surface area (Å²) in [4.78, 5) is 5.58. The van der Waals surface area contributed by atoms with Crippen molar-refractivity contribution in [3.63, 3.8) is 0 Å². The molecule has 1 saturated heterocycles. The largest absolute Gasteiger partial charge is 0.748 e. The summed E-state index contributed by atoms with van der Waals surface area (Å²) in [5, 5.41) is 0. The van der Waals surface area contributed by atoms with E-state index in [1.165, 1.54) is 6.07 Å². The summed E-state index contributed by atoms with van der Waals surface area (Å²) >= 11 is 0. The third-order valence-corrected chi connectivity index (χ3v) is 4.33. The first-order chi connectivity index (χ1) is 9.65. The van der Waals surface area contributed by atoms with Crippen LogP contribution in [0.4, 0.5) is 19.0 Å². The number of nitrogens with zero attached hydrogens (tertiary/aromatic N) is 2. The predicted molar refractivity (Wildman–Crippen MR) is 68.7 cm³/mol. The second-order valence-electron chi connectivity index (χ2n) is 5.06. The molecule has 0 atom stereocenters. The Balaban J connectivity index is 1.96. The molecule has 0 unspecified atom stereocenters. The third-order valence-electron chi connectivity index (χ3n) is 3.45. The Hall–Kier alpha value is -1.35. The Morgan fingerprint density at radius 2 is 1.90 bits per heavy atom. The van der Waals surface area contributed by atoms with Gasteiger partial charge in [0.05, 0.1) is 15.7 Å². The Bertz CT molecular complexity index is 579. The molecule has 1 aliphatic heterocycles. The first-order valence-corrected chi connectivity index (χ1v) is 7.94. The monoisotopic (exact) mass is 323 g/mol. The molecule has 2 heterocycles. The van der Waals surface area contributed by atoms with E-state index in [0.717, 1.165) is 12.3 Å². The average Bonchev–Trinajstić information content (AvgIpc) is 2.37. The van der Waals surface area contributed by atoms with E-state index in [2.05, 4.69) is 4.98 Å². The van der Waals surface area contributed by atoms with Crippen LogP contribution in [0, 0.1) is 5.92 Å². The smallest absolute Gasteiger partial charge is 0.417 e. The maximum absolute atomic E-state index is 12.4. The lowest BCUT2D eigenvalue weighted by molar-refractivity contribution is -0.137. The zero-order valence-electron chi connectivity index (χ0n) is 11.0. The van der Waals surface area contributed by atoms with Crippen LogP contribution in [0.3, 0.4) is 0 Å². The van der Waals surface area contributed by atoms with Gasteiger partial charge in [0.1, 0.15) is 5.82 Å². The van der Waals surface area contributed by atoms with Gasteiger partial charge in [0.2, 0.25) is 0 Å². The highest BCUT2D eigenvalue weighted by atomic mass is 32.2. The summed E-state index contributed by atoms with van der Waals surface area (Å²) in [6.07, 6.45) is -2.63. The Labute approximate surface area is 120 Å². The molecule has 9 heteroatoms. The molecular weight excluding hydrogens is 309 g/mol. The van der Waals surface area contributed by atoms with Crippen molar-refractivity contribution >= 4 is 15.9 Å². The number of hydrogen-bond donors (Lipinski definition) is 0. The summed E-state index contributed by atoms with van der Waals surface area (Å²) in [6, 6.07) is 2.27. The van der Waals surface area contributed by atoms with Crippen molar-refractivity contribution in [2.75, 3.05) is 23.7 Å². The van der Waals surface area contributed by atoms with Crippen molar-refractivity contribution in [1.29, 1.82) is 0 Å². The van der Waals surface area contributed by atoms with Crippen LogP contribution in [0.1, 0.15) is 18.4 Å². The van der Waals surface area contributed by atoms with Gasteiger partial charge in [0.15, 0.2) is 0 Å². The van der Waals surface area contributed by atoms with Crippen LogP contribution in [-0.4, -0.2) is 36.8 Å². The van der Waals surface area contributed by atoms with E-state index in [0.29, 0.717) is 31.7 Å². The summed E-state index contributed by atoms with van der Waals surface area (Å²) in [6.45, 7) is 0.942. The molecular formula is C12H14F3N2O3S-. The van der Waals surface area contributed by atoms with Gasteiger partial charge in [0, 0.05) is 25.0 Å². The van der Waals surface area contributed by atoms with Gasteiger partial charge >= 0.3 is 6.18 Å². The van der Waals surface area contributed by atoms with Crippen LogP contribution in [0.15, 0.2) is 18.3 Å². The number of pyridine rings is 1. The Morgan fingerprint density at radius 3 is 2.33 bits per heavy atom. The molecule has 0 N–H and O–H groups in total. The topological polar surface area (TPSA) is 73.3 Å². The lowest BCUT2D eigenvalue weighted by atomic mass is 9.99. The van der Waals surface area contributed by atoms with E-state index in [9.17, 15) is 26.1 Å². The molecule has 118 valence electrons. The average molecular weight is 323 g/mol. The molecule has 1 aromatic heterocycles. The molecule has 0 spiro atoms. The van der Waals surface area contributed by atoms with E-state index in [1.54, 1.807) is 4.90 Å². The lowest BCUT2D eigenvalue weighted by Crippen LogP contribution is -2.36. The molecule has 0 saturated carbocycles. The van der Waals surface area contributed by atoms with Crippen molar-refractivity contribution in [2.45, 2.75) is 19.0 Å². The predicted octanol–water partition coefficient (Wildman–Crippen LogP) is 1.86. The summed E-state index contributed by atoms with van der Waals surface area (Å²) in [7, 11) is -4.24. The number of hydrogen-bond acceptors (Lipinski definition) is 5. The van der Waals surface area contributed by atoms with E-state index >= 15 is 0 Å². The highest BCUT2D eigenvalue weighted by Crippen LogP contribution is 2.30. The van der Waals surface area contributed by atoms with Gasteiger partial charge in [0.25, 0.3) is 0 Å². The second-order valence-corrected chi connectivity index (χ2v) is 6.51. The molecule has 5 nitrogen and oxygen atoms in total. The molecule has 0 bridgehead atoms. The standard InChI is InChI=1S/C12H15F3N2O3S/c13-12(14,15)10-1-2-11(16-7-10)17-5-3-9(4-6-17)8-21(18,19)20/h1-2,7,9H,3-6,8H2,(H,18,19,20)/p-1. The Kier molecular flexibility index (Phi) is 4.43. The fraction of sp³-hybridized carbons (Fsp3) is 0.583. The number of aromatic nitrogens is 1. The molecule has 0 radical (unpaired) electrons.